The quantitative estimate of drug-likeness (QED) is 0.784. The van der Waals surface area contributed by atoms with Crippen LogP contribution in [0.15, 0.2) is 0 Å². The van der Waals surface area contributed by atoms with Crippen LogP contribution in [0.1, 0.15) is 46.5 Å². The fraction of sp³-hybridized carbons (Fsp3) is 0.857. The highest BCUT2D eigenvalue weighted by molar-refractivity contribution is 5.86. The van der Waals surface area contributed by atoms with Crippen molar-refractivity contribution in [3.05, 3.63) is 0 Å². The lowest BCUT2D eigenvalue weighted by Crippen LogP contribution is -2.55. The molecule has 0 aromatic carbocycles. The molecule has 0 saturated carbocycles. The highest BCUT2D eigenvalue weighted by atomic mass is 16.2. The van der Waals surface area contributed by atoms with Crippen molar-refractivity contribution in [1.82, 2.24) is 10.2 Å². The normalized spacial score (nSPS) is 23.1. The smallest absolute Gasteiger partial charge is 0.242 e. The Morgan fingerprint density at radius 1 is 1.56 bits per heavy atom. The molecule has 0 aromatic rings. The summed E-state index contributed by atoms with van der Waals surface area (Å²) in [6.07, 6.45) is 3.22. The SMILES string of the molecule is CCC1(C(=O)N(CCC#N)CC(C)C)CCCN1. The molecule has 1 saturated heterocycles. The lowest BCUT2D eigenvalue weighted by molar-refractivity contribution is -0.138. The zero-order valence-electron chi connectivity index (χ0n) is 11.8. The molecule has 1 N–H and O–H groups in total. The molecule has 1 fully saturated rings. The summed E-state index contributed by atoms with van der Waals surface area (Å²) in [5.74, 6) is 0.620. The van der Waals surface area contributed by atoms with Gasteiger partial charge >= 0.3 is 0 Å². The van der Waals surface area contributed by atoms with Crippen LogP contribution in [0.5, 0.6) is 0 Å². The summed E-state index contributed by atoms with van der Waals surface area (Å²) in [6, 6.07) is 2.13. The van der Waals surface area contributed by atoms with Gasteiger partial charge in [-0.15, -0.1) is 0 Å². The number of carbonyl (C=O) groups excluding carboxylic acids is 1. The third kappa shape index (κ3) is 3.46. The van der Waals surface area contributed by atoms with Crippen LogP contribution in [0.25, 0.3) is 0 Å². The van der Waals surface area contributed by atoms with Crippen LogP contribution in [0.4, 0.5) is 0 Å². The van der Waals surface area contributed by atoms with Gasteiger partial charge in [0.05, 0.1) is 18.0 Å². The first-order valence-corrected chi connectivity index (χ1v) is 6.97. The minimum Gasteiger partial charge on any atom is -0.340 e. The fourth-order valence-corrected chi connectivity index (χ4v) is 2.65. The lowest BCUT2D eigenvalue weighted by atomic mass is 9.92. The van der Waals surface area contributed by atoms with Crippen LogP contribution >= 0.6 is 0 Å². The Bertz CT molecular complexity index is 313. The second-order valence-electron chi connectivity index (χ2n) is 5.52. The highest BCUT2D eigenvalue weighted by Gasteiger charge is 2.41. The number of carbonyl (C=O) groups is 1. The van der Waals surface area contributed by atoms with Crippen LogP contribution < -0.4 is 5.32 Å². The van der Waals surface area contributed by atoms with Gasteiger partial charge in [0, 0.05) is 13.1 Å². The van der Waals surface area contributed by atoms with E-state index in [-0.39, 0.29) is 11.4 Å². The van der Waals surface area contributed by atoms with Gasteiger partial charge < -0.3 is 10.2 Å². The molecule has 1 aliphatic rings. The maximum absolute atomic E-state index is 12.7. The van der Waals surface area contributed by atoms with Gasteiger partial charge in [-0.3, -0.25) is 4.79 Å². The molecule has 0 radical (unpaired) electrons. The van der Waals surface area contributed by atoms with E-state index in [0.717, 1.165) is 32.4 Å². The molecule has 0 aromatic heterocycles. The highest BCUT2D eigenvalue weighted by Crippen LogP contribution is 2.26. The molecule has 1 amide bonds. The monoisotopic (exact) mass is 251 g/mol. The Morgan fingerprint density at radius 2 is 2.28 bits per heavy atom. The molecule has 0 bridgehead atoms. The predicted molar refractivity (Wildman–Crippen MR) is 71.9 cm³/mol. The van der Waals surface area contributed by atoms with E-state index >= 15 is 0 Å². The van der Waals surface area contributed by atoms with Crippen LogP contribution in [0.3, 0.4) is 0 Å². The Kier molecular flexibility index (Phi) is 5.61. The maximum Gasteiger partial charge on any atom is 0.242 e. The van der Waals surface area contributed by atoms with Crippen molar-refractivity contribution in [1.29, 1.82) is 5.26 Å². The van der Waals surface area contributed by atoms with E-state index in [1.807, 2.05) is 4.90 Å². The minimum atomic E-state index is -0.371. The lowest BCUT2D eigenvalue weighted by Gasteiger charge is -2.34. The fourth-order valence-electron chi connectivity index (χ4n) is 2.65. The molecule has 1 rings (SSSR count). The van der Waals surface area contributed by atoms with Gasteiger partial charge in [0.15, 0.2) is 0 Å². The number of hydrogen-bond acceptors (Lipinski definition) is 3. The van der Waals surface area contributed by atoms with Gasteiger partial charge in [0.2, 0.25) is 5.91 Å². The Morgan fingerprint density at radius 3 is 2.72 bits per heavy atom. The van der Waals surface area contributed by atoms with E-state index in [1.54, 1.807) is 0 Å². The number of hydrogen-bond donors (Lipinski definition) is 1. The number of nitrogens with one attached hydrogen (secondary N) is 1. The largest absolute Gasteiger partial charge is 0.340 e. The van der Waals surface area contributed by atoms with Gasteiger partial charge in [-0.2, -0.15) is 5.26 Å². The number of nitriles is 1. The van der Waals surface area contributed by atoms with E-state index in [9.17, 15) is 4.79 Å². The molecule has 4 nitrogen and oxygen atoms in total. The van der Waals surface area contributed by atoms with Crippen molar-refractivity contribution in [3.63, 3.8) is 0 Å². The van der Waals surface area contributed by atoms with E-state index in [2.05, 4.69) is 32.2 Å². The summed E-state index contributed by atoms with van der Waals surface area (Å²) >= 11 is 0. The molecular formula is C14H25N3O. The van der Waals surface area contributed by atoms with Gasteiger partial charge in [-0.1, -0.05) is 20.8 Å². The van der Waals surface area contributed by atoms with Crippen molar-refractivity contribution in [2.45, 2.75) is 52.0 Å². The van der Waals surface area contributed by atoms with Gasteiger partial charge in [-0.25, -0.2) is 0 Å². The molecule has 1 aliphatic heterocycles. The Labute approximate surface area is 110 Å². The Balaban J connectivity index is 2.76. The van der Waals surface area contributed by atoms with Gasteiger partial charge in [-0.05, 0) is 31.7 Å². The number of nitrogens with zero attached hydrogens (tertiary/aromatic N) is 2. The van der Waals surface area contributed by atoms with Crippen LogP contribution in [-0.4, -0.2) is 36.0 Å². The summed E-state index contributed by atoms with van der Waals surface area (Å²) in [5.41, 5.74) is -0.371. The molecule has 102 valence electrons. The Hall–Kier alpha value is -1.08. The molecule has 1 unspecified atom stereocenters. The van der Waals surface area contributed by atoms with Crippen LogP contribution in [0, 0.1) is 17.2 Å². The number of amides is 1. The summed E-state index contributed by atoms with van der Waals surface area (Å²) < 4.78 is 0. The second-order valence-corrected chi connectivity index (χ2v) is 5.52. The third-order valence-corrected chi connectivity index (χ3v) is 3.62. The number of rotatable bonds is 6. The summed E-state index contributed by atoms with van der Waals surface area (Å²) in [4.78, 5) is 14.6. The average molecular weight is 251 g/mol. The first kappa shape index (κ1) is 15.0. The van der Waals surface area contributed by atoms with Gasteiger partial charge in [0.1, 0.15) is 0 Å². The molecule has 0 aliphatic carbocycles. The van der Waals surface area contributed by atoms with Gasteiger partial charge in [0.25, 0.3) is 0 Å². The first-order valence-electron chi connectivity index (χ1n) is 6.97. The van der Waals surface area contributed by atoms with Crippen molar-refractivity contribution >= 4 is 5.91 Å². The summed E-state index contributed by atoms with van der Waals surface area (Å²) in [5, 5.41) is 12.1. The molecule has 1 atom stereocenters. The van der Waals surface area contributed by atoms with Crippen molar-refractivity contribution in [3.8, 4) is 6.07 Å². The second kappa shape index (κ2) is 6.75. The molecule has 1 heterocycles. The first-order chi connectivity index (χ1) is 8.55. The predicted octanol–water partition coefficient (Wildman–Crippen LogP) is 1.92. The van der Waals surface area contributed by atoms with Crippen molar-refractivity contribution < 1.29 is 4.79 Å². The zero-order valence-corrected chi connectivity index (χ0v) is 11.8. The molecule has 0 spiro atoms. The molecule has 4 heteroatoms. The molecular weight excluding hydrogens is 226 g/mol. The topological polar surface area (TPSA) is 56.1 Å². The van der Waals surface area contributed by atoms with Crippen LogP contribution in [-0.2, 0) is 4.79 Å². The average Bonchev–Trinajstić information content (AvgIpc) is 2.83. The van der Waals surface area contributed by atoms with E-state index in [0.29, 0.717) is 18.9 Å². The maximum atomic E-state index is 12.7. The summed E-state index contributed by atoms with van der Waals surface area (Å²) in [6.45, 7) is 8.49. The van der Waals surface area contributed by atoms with E-state index in [4.69, 9.17) is 5.26 Å². The zero-order chi connectivity index (χ0) is 13.6. The van der Waals surface area contributed by atoms with E-state index < -0.39 is 0 Å². The summed E-state index contributed by atoms with van der Waals surface area (Å²) in [7, 11) is 0. The van der Waals surface area contributed by atoms with Crippen LogP contribution in [0.2, 0.25) is 0 Å². The third-order valence-electron chi connectivity index (χ3n) is 3.62. The van der Waals surface area contributed by atoms with Crippen molar-refractivity contribution in [2.75, 3.05) is 19.6 Å². The van der Waals surface area contributed by atoms with E-state index in [1.165, 1.54) is 0 Å². The minimum absolute atomic E-state index is 0.187. The van der Waals surface area contributed by atoms with Crippen molar-refractivity contribution in [2.24, 2.45) is 5.92 Å². The molecule has 18 heavy (non-hydrogen) atoms. The standard InChI is InChI=1S/C14H25N3O/c1-4-14(7-5-9-16-14)13(18)17(10-6-8-15)11-12(2)3/h12,16H,4-7,9-11H2,1-3H3.